The number of ether oxygens (including phenoxy) is 4. The zero-order valence-corrected chi connectivity index (χ0v) is 18.5. The highest BCUT2D eigenvalue weighted by molar-refractivity contribution is 5.70. The average Bonchev–Trinajstić information content (AvgIpc) is 2.86. The van der Waals surface area contributed by atoms with E-state index in [1.54, 1.807) is 26.2 Å². The van der Waals surface area contributed by atoms with E-state index in [1.807, 2.05) is 54.6 Å². The molecule has 1 heterocycles. The Labute approximate surface area is 188 Å². The minimum absolute atomic E-state index is 0.222. The summed E-state index contributed by atoms with van der Waals surface area (Å²) in [5, 5.41) is 0. The molecule has 0 spiro atoms. The Kier molecular flexibility index (Phi) is 6.50. The number of nitrogens with zero attached hydrogens (tertiary/aromatic N) is 1. The van der Waals surface area contributed by atoms with E-state index in [-0.39, 0.29) is 18.7 Å². The van der Waals surface area contributed by atoms with Crippen LogP contribution in [0.5, 0.6) is 17.2 Å². The van der Waals surface area contributed by atoms with E-state index in [0.29, 0.717) is 23.8 Å². The quantitative estimate of drug-likeness (QED) is 0.548. The van der Waals surface area contributed by atoms with Crippen LogP contribution in [0.3, 0.4) is 0 Å². The Bertz CT molecular complexity index is 1060. The van der Waals surface area contributed by atoms with E-state index in [2.05, 4.69) is 12.1 Å². The van der Waals surface area contributed by atoms with Crippen LogP contribution in [0.1, 0.15) is 28.3 Å². The zero-order chi connectivity index (χ0) is 22.5. The van der Waals surface area contributed by atoms with Gasteiger partial charge in [0.1, 0.15) is 6.61 Å². The number of methoxy groups -OCH3 is 3. The fourth-order valence-corrected chi connectivity index (χ4v) is 4.18. The third-order valence-electron chi connectivity index (χ3n) is 5.73. The summed E-state index contributed by atoms with van der Waals surface area (Å²) in [6.45, 7) is 0.770. The number of hydrogen-bond acceptors (Lipinski definition) is 5. The van der Waals surface area contributed by atoms with Crippen molar-refractivity contribution < 1.29 is 23.7 Å². The van der Waals surface area contributed by atoms with Gasteiger partial charge in [-0.15, -0.1) is 0 Å². The van der Waals surface area contributed by atoms with Gasteiger partial charge in [-0.05, 0) is 40.8 Å². The second-order valence-electron chi connectivity index (χ2n) is 7.54. The van der Waals surface area contributed by atoms with E-state index in [9.17, 15) is 4.79 Å². The molecular formula is C26H27NO5. The van der Waals surface area contributed by atoms with Gasteiger partial charge in [0.15, 0.2) is 11.5 Å². The Morgan fingerprint density at radius 2 is 1.56 bits per heavy atom. The number of benzene rings is 3. The van der Waals surface area contributed by atoms with E-state index in [1.165, 1.54) is 5.56 Å². The standard InChI is InChI=1S/C26H27NO5/c1-29-22-15-20(16-23(30-2)25(22)31-3)24-21-12-8-7-11-19(21)13-14-27(24)26(28)32-17-18-9-5-4-6-10-18/h4-12,15-16,24H,13-14,17H2,1-3H3. The molecule has 1 unspecified atom stereocenters. The van der Waals surface area contributed by atoms with Gasteiger partial charge in [0, 0.05) is 6.54 Å². The monoisotopic (exact) mass is 433 g/mol. The molecule has 166 valence electrons. The van der Waals surface area contributed by atoms with E-state index in [0.717, 1.165) is 23.1 Å². The van der Waals surface area contributed by atoms with Gasteiger partial charge in [-0.1, -0.05) is 54.6 Å². The summed E-state index contributed by atoms with van der Waals surface area (Å²) < 4.78 is 22.3. The van der Waals surface area contributed by atoms with Crippen molar-refractivity contribution in [3.05, 3.63) is 89.0 Å². The third kappa shape index (κ3) is 4.21. The van der Waals surface area contributed by atoms with Crippen molar-refractivity contribution in [3.63, 3.8) is 0 Å². The van der Waals surface area contributed by atoms with Crippen molar-refractivity contribution in [1.82, 2.24) is 4.90 Å². The highest BCUT2D eigenvalue weighted by Gasteiger charge is 2.34. The molecule has 0 radical (unpaired) electrons. The molecule has 0 bridgehead atoms. The van der Waals surface area contributed by atoms with Crippen molar-refractivity contribution in [2.75, 3.05) is 27.9 Å². The number of carbonyl (C=O) groups excluding carboxylic acids is 1. The van der Waals surface area contributed by atoms with Gasteiger partial charge in [-0.3, -0.25) is 4.90 Å². The van der Waals surface area contributed by atoms with Crippen LogP contribution < -0.4 is 14.2 Å². The van der Waals surface area contributed by atoms with Crippen LogP contribution in [-0.2, 0) is 17.8 Å². The molecule has 1 amide bonds. The number of hydrogen-bond donors (Lipinski definition) is 0. The molecule has 1 aliphatic rings. The van der Waals surface area contributed by atoms with E-state index >= 15 is 0 Å². The first-order valence-electron chi connectivity index (χ1n) is 10.5. The molecule has 0 aromatic heterocycles. The van der Waals surface area contributed by atoms with Gasteiger partial charge in [0.25, 0.3) is 0 Å². The van der Waals surface area contributed by atoms with Crippen LogP contribution in [0.15, 0.2) is 66.7 Å². The second kappa shape index (κ2) is 9.64. The summed E-state index contributed by atoms with van der Waals surface area (Å²) in [7, 11) is 4.74. The predicted octanol–water partition coefficient (Wildman–Crippen LogP) is 5.00. The van der Waals surface area contributed by atoms with Crippen LogP contribution in [-0.4, -0.2) is 38.9 Å². The molecule has 0 N–H and O–H groups in total. The number of fused-ring (bicyclic) bond motifs is 1. The summed E-state index contributed by atoms with van der Waals surface area (Å²) in [6, 6.07) is 21.3. The van der Waals surface area contributed by atoms with Crippen molar-refractivity contribution in [1.29, 1.82) is 0 Å². The normalized spacial score (nSPS) is 15.0. The van der Waals surface area contributed by atoms with Crippen molar-refractivity contribution >= 4 is 6.09 Å². The van der Waals surface area contributed by atoms with Crippen molar-refractivity contribution in [3.8, 4) is 17.2 Å². The largest absolute Gasteiger partial charge is 0.493 e. The first-order chi connectivity index (χ1) is 15.7. The molecule has 1 atom stereocenters. The zero-order valence-electron chi connectivity index (χ0n) is 18.5. The molecule has 0 fully saturated rings. The summed E-state index contributed by atoms with van der Waals surface area (Å²) in [4.78, 5) is 15.0. The number of rotatable bonds is 6. The number of amides is 1. The minimum atomic E-state index is -0.359. The minimum Gasteiger partial charge on any atom is -0.493 e. The smallest absolute Gasteiger partial charge is 0.410 e. The van der Waals surface area contributed by atoms with Crippen LogP contribution in [0.2, 0.25) is 0 Å². The topological polar surface area (TPSA) is 57.2 Å². The summed E-state index contributed by atoms with van der Waals surface area (Å²) in [6.07, 6.45) is 0.402. The Morgan fingerprint density at radius 3 is 2.22 bits per heavy atom. The fraction of sp³-hybridized carbons (Fsp3) is 0.269. The van der Waals surface area contributed by atoms with Crippen LogP contribution >= 0.6 is 0 Å². The summed E-state index contributed by atoms with van der Waals surface area (Å²) in [5.74, 6) is 1.60. The Morgan fingerprint density at radius 1 is 0.906 bits per heavy atom. The molecule has 6 nitrogen and oxygen atoms in total. The van der Waals surface area contributed by atoms with E-state index < -0.39 is 0 Å². The maximum Gasteiger partial charge on any atom is 0.410 e. The van der Waals surface area contributed by atoms with Crippen LogP contribution in [0, 0.1) is 0 Å². The highest BCUT2D eigenvalue weighted by Crippen LogP contribution is 2.44. The van der Waals surface area contributed by atoms with Crippen molar-refractivity contribution in [2.45, 2.75) is 19.1 Å². The lowest BCUT2D eigenvalue weighted by atomic mass is 9.88. The van der Waals surface area contributed by atoms with Gasteiger partial charge in [0.2, 0.25) is 5.75 Å². The van der Waals surface area contributed by atoms with Gasteiger partial charge in [-0.25, -0.2) is 4.79 Å². The number of carbonyl (C=O) groups is 1. The van der Waals surface area contributed by atoms with Crippen molar-refractivity contribution in [2.24, 2.45) is 0 Å². The van der Waals surface area contributed by atoms with E-state index in [4.69, 9.17) is 18.9 Å². The van der Waals surface area contributed by atoms with Gasteiger partial charge < -0.3 is 18.9 Å². The lowest BCUT2D eigenvalue weighted by Crippen LogP contribution is -2.40. The molecule has 0 aliphatic carbocycles. The molecule has 3 aromatic carbocycles. The SMILES string of the molecule is COc1cc(C2c3ccccc3CCN2C(=O)OCc2ccccc2)cc(OC)c1OC. The predicted molar refractivity (Wildman–Crippen MR) is 121 cm³/mol. The molecular weight excluding hydrogens is 406 g/mol. The summed E-state index contributed by atoms with van der Waals surface area (Å²) in [5.41, 5.74) is 4.08. The molecule has 32 heavy (non-hydrogen) atoms. The highest BCUT2D eigenvalue weighted by atomic mass is 16.6. The Hall–Kier alpha value is -3.67. The fourth-order valence-electron chi connectivity index (χ4n) is 4.18. The molecule has 6 heteroatoms. The summed E-state index contributed by atoms with van der Waals surface area (Å²) >= 11 is 0. The molecule has 1 aliphatic heterocycles. The molecule has 0 saturated carbocycles. The maximum absolute atomic E-state index is 13.2. The first kappa shape index (κ1) is 21.6. The lowest BCUT2D eigenvalue weighted by molar-refractivity contribution is 0.0836. The molecule has 0 saturated heterocycles. The average molecular weight is 434 g/mol. The van der Waals surface area contributed by atoms with Gasteiger partial charge >= 0.3 is 6.09 Å². The lowest BCUT2D eigenvalue weighted by Gasteiger charge is -2.37. The molecule has 3 aromatic rings. The van der Waals surface area contributed by atoms with Crippen LogP contribution in [0.4, 0.5) is 4.79 Å². The van der Waals surface area contributed by atoms with Gasteiger partial charge in [0.05, 0.1) is 27.4 Å². The van der Waals surface area contributed by atoms with Gasteiger partial charge in [-0.2, -0.15) is 0 Å². The van der Waals surface area contributed by atoms with Crippen LogP contribution in [0.25, 0.3) is 0 Å². The maximum atomic E-state index is 13.2. The molecule has 4 rings (SSSR count). The third-order valence-corrected chi connectivity index (χ3v) is 5.73. The Balaban J connectivity index is 1.72. The first-order valence-corrected chi connectivity index (χ1v) is 10.5. The second-order valence-corrected chi connectivity index (χ2v) is 7.54.